The quantitative estimate of drug-likeness (QED) is 0.350. The maximum absolute atomic E-state index is 0. The minimum Gasteiger partial charge on any atom is -0.412 e. The van der Waals surface area contributed by atoms with Gasteiger partial charge in [0.1, 0.15) is 0 Å². The molecule has 0 atom stereocenters. The molecule has 0 aromatic carbocycles. The van der Waals surface area contributed by atoms with Crippen LogP contribution in [0.1, 0.15) is 0 Å². The van der Waals surface area contributed by atoms with Crippen LogP contribution in [0.2, 0.25) is 0 Å². The molecule has 42 valence electrons. The Morgan fingerprint density at radius 3 is 0.500 bits per heavy atom. The molecule has 0 fully saturated rings. The molecule has 0 heterocycles. The van der Waals surface area contributed by atoms with Crippen LogP contribution in [0.5, 0.6) is 0 Å². The van der Waals surface area contributed by atoms with Crippen molar-refractivity contribution in [2.24, 2.45) is 0 Å². The number of hydrogen-bond donors (Lipinski definition) is 0. The Hall–Kier alpha value is 1.48. The average molecular weight is 188 g/mol. The third-order valence-corrected chi connectivity index (χ3v) is 0. The van der Waals surface area contributed by atoms with E-state index in [1.165, 1.54) is 0 Å². The minimum atomic E-state index is 0. The molecule has 3 nitrogen and oxygen atoms in total. The van der Waals surface area contributed by atoms with Gasteiger partial charge in [0, 0.05) is 34.7 Å². The average Bonchev–Trinajstić information content (AvgIpc) is 0. The van der Waals surface area contributed by atoms with Crippen LogP contribution in [-0.4, -0.2) is 33.8 Å². The van der Waals surface area contributed by atoms with Gasteiger partial charge in [0.15, 0.2) is 17.4 Å². The molecular formula is H9AlCr2O3. The van der Waals surface area contributed by atoms with Gasteiger partial charge in [-0.25, -0.2) is 0 Å². The van der Waals surface area contributed by atoms with Gasteiger partial charge in [-0.05, 0) is 0 Å². The summed E-state index contributed by atoms with van der Waals surface area (Å²) in [7, 11) is 0. The van der Waals surface area contributed by atoms with E-state index >= 15 is 0 Å². The standard InChI is InChI=1S/Al.2Cr.3H2O.3H/h;;;3*1H2;;;. The molecule has 0 saturated heterocycles. The van der Waals surface area contributed by atoms with Gasteiger partial charge in [0.2, 0.25) is 0 Å². The first-order chi connectivity index (χ1) is 0. The van der Waals surface area contributed by atoms with Crippen molar-refractivity contribution in [3.63, 3.8) is 0 Å². The van der Waals surface area contributed by atoms with E-state index in [9.17, 15) is 0 Å². The van der Waals surface area contributed by atoms with Crippen LogP contribution >= 0.6 is 0 Å². The normalized spacial score (nSPS) is 0. The number of hydrogen-bond acceptors (Lipinski definition) is 0. The molecule has 0 spiro atoms. The fraction of sp³-hybridized carbons (Fsp3) is 0. The summed E-state index contributed by atoms with van der Waals surface area (Å²) in [4.78, 5) is 0. The third-order valence-electron chi connectivity index (χ3n) is 0. The van der Waals surface area contributed by atoms with Gasteiger partial charge in [-0.1, -0.05) is 0 Å². The van der Waals surface area contributed by atoms with Crippen LogP contribution in [0.4, 0.5) is 0 Å². The van der Waals surface area contributed by atoms with Gasteiger partial charge >= 0.3 is 0 Å². The monoisotopic (exact) mass is 188 g/mol. The van der Waals surface area contributed by atoms with Crippen LogP contribution in [0.15, 0.2) is 0 Å². The summed E-state index contributed by atoms with van der Waals surface area (Å²) >= 11 is 0. The molecule has 0 aromatic heterocycles. The Morgan fingerprint density at radius 2 is 0.500 bits per heavy atom. The van der Waals surface area contributed by atoms with Crippen molar-refractivity contribution in [2.75, 3.05) is 0 Å². The molecule has 0 aliphatic rings. The second-order valence-electron chi connectivity index (χ2n) is 0. The summed E-state index contributed by atoms with van der Waals surface area (Å²) in [6.07, 6.45) is 0. The fourth-order valence-corrected chi connectivity index (χ4v) is 0. The van der Waals surface area contributed by atoms with Crippen LogP contribution in [0, 0.1) is 0 Å². The summed E-state index contributed by atoms with van der Waals surface area (Å²) in [6, 6.07) is 0. The Balaban J connectivity index is 0. The summed E-state index contributed by atoms with van der Waals surface area (Å²) < 4.78 is 0. The van der Waals surface area contributed by atoms with Crippen LogP contribution in [0.25, 0.3) is 0 Å². The Morgan fingerprint density at radius 1 is 0.500 bits per heavy atom. The summed E-state index contributed by atoms with van der Waals surface area (Å²) in [5.41, 5.74) is 0. The van der Waals surface area contributed by atoms with Crippen molar-refractivity contribution in [1.82, 2.24) is 0 Å². The SMILES string of the molecule is O.O.O.[AlH3].[Cr].[Cr]. The first-order valence-electron chi connectivity index (χ1n) is 0. The predicted molar refractivity (Wildman–Crippen MR) is 20.8 cm³/mol. The Labute approximate surface area is 68.4 Å². The molecule has 0 aliphatic heterocycles. The first kappa shape index (κ1) is 144. The van der Waals surface area contributed by atoms with Crippen LogP contribution < -0.4 is 0 Å². The van der Waals surface area contributed by atoms with Gasteiger partial charge < -0.3 is 16.4 Å². The molecule has 0 rings (SSSR count). The van der Waals surface area contributed by atoms with Crippen molar-refractivity contribution in [1.29, 1.82) is 0 Å². The van der Waals surface area contributed by atoms with Crippen LogP contribution in [0.3, 0.4) is 0 Å². The molecule has 0 saturated carbocycles. The zero-order valence-electron chi connectivity index (χ0n) is 2.32. The van der Waals surface area contributed by atoms with Crippen molar-refractivity contribution in [3.8, 4) is 0 Å². The number of rotatable bonds is 0. The summed E-state index contributed by atoms with van der Waals surface area (Å²) in [6.45, 7) is 0. The molecule has 0 aliphatic carbocycles. The molecule has 0 aromatic rings. The zero-order valence-corrected chi connectivity index (χ0v) is 4.87. The van der Waals surface area contributed by atoms with Gasteiger partial charge in [-0.3, -0.25) is 0 Å². The summed E-state index contributed by atoms with van der Waals surface area (Å²) in [5.74, 6) is 0. The second-order valence-corrected chi connectivity index (χ2v) is 0. The van der Waals surface area contributed by atoms with Crippen molar-refractivity contribution >= 4 is 17.4 Å². The molecule has 6 heavy (non-hydrogen) atoms. The van der Waals surface area contributed by atoms with E-state index in [0.717, 1.165) is 0 Å². The van der Waals surface area contributed by atoms with E-state index in [-0.39, 0.29) is 68.5 Å². The van der Waals surface area contributed by atoms with E-state index in [1.54, 1.807) is 0 Å². The van der Waals surface area contributed by atoms with E-state index in [4.69, 9.17) is 0 Å². The van der Waals surface area contributed by atoms with Crippen LogP contribution in [-0.2, 0) is 34.7 Å². The molecule has 0 bridgehead atoms. The summed E-state index contributed by atoms with van der Waals surface area (Å²) in [5, 5.41) is 0. The van der Waals surface area contributed by atoms with E-state index < -0.39 is 0 Å². The first-order valence-corrected chi connectivity index (χ1v) is 0. The van der Waals surface area contributed by atoms with E-state index in [0.29, 0.717) is 0 Å². The van der Waals surface area contributed by atoms with Gasteiger partial charge in [0.05, 0.1) is 0 Å². The predicted octanol–water partition coefficient (Wildman–Crippen LogP) is -3.66. The zero-order chi connectivity index (χ0) is 0. The molecular weight excluding hydrogens is 179 g/mol. The Kier molecular flexibility index (Phi) is 2130. The maximum Gasteiger partial charge on any atom is 0.187 e. The fourth-order valence-electron chi connectivity index (χ4n) is 0. The smallest absolute Gasteiger partial charge is 0.187 e. The molecule has 0 radical (unpaired) electrons. The van der Waals surface area contributed by atoms with E-state index in [2.05, 4.69) is 0 Å². The Bertz CT molecular complexity index is 8.75. The molecule has 0 amide bonds. The van der Waals surface area contributed by atoms with Crippen molar-refractivity contribution in [2.45, 2.75) is 0 Å². The second kappa shape index (κ2) is 89.0. The van der Waals surface area contributed by atoms with E-state index in [1.807, 2.05) is 0 Å². The van der Waals surface area contributed by atoms with Crippen molar-refractivity contribution in [3.05, 3.63) is 0 Å². The van der Waals surface area contributed by atoms with Crippen molar-refractivity contribution < 1.29 is 51.2 Å². The third kappa shape index (κ3) is 50.3. The molecule has 6 N–H and O–H groups in total. The minimum absolute atomic E-state index is 0. The maximum atomic E-state index is 0. The van der Waals surface area contributed by atoms with Gasteiger partial charge in [-0.15, -0.1) is 0 Å². The van der Waals surface area contributed by atoms with Gasteiger partial charge in [0.25, 0.3) is 0 Å². The largest absolute Gasteiger partial charge is 0.412 e. The topological polar surface area (TPSA) is 94.5 Å². The molecule has 6 heteroatoms. The molecule has 0 unspecified atom stereocenters. The van der Waals surface area contributed by atoms with Gasteiger partial charge in [-0.2, -0.15) is 0 Å².